The van der Waals surface area contributed by atoms with Crippen LogP contribution >= 0.6 is 0 Å². The lowest BCUT2D eigenvalue weighted by Gasteiger charge is -2.42. The number of rotatable bonds is 6. The molecule has 0 saturated carbocycles. The number of fused-ring (bicyclic) bond motifs is 1. The molecule has 1 N–H and O–H groups in total. The zero-order valence-corrected chi connectivity index (χ0v) is 20.4. The second-order valence-corrected chi connectivity index (χ2v) is 9.50. The Hall–Kier alpha value is -4.28. The van der Waals surface area contributed by atoms with Gasteiger partial charge in [-0.05, 0) is 34.6 Å². The van der Waals surface area contributed by atoms with Crippen molar-refractivity contribution in [3.8, 4) is 11.3 Å². The summed E-state index contributed by atoms with van der Waals surface area (Å²) in [7, 11) is 0. The molecule has 2 aliphatic heterocycles. The number of nitrogens with one attached hydrogen (secondary N) is 1. The molecule has 1 saturated heterocycles. The number of amides is 2. The maximum absolute atomic E-state index is 13.1. The number of Topliss-reactive ketones (excluding diaryl/α,β-unsaturated/α-hetero) is 1. The Morgan fingerprint density at radius 3 is 2.39 bits per heavy atom. The summed E-state index contributed by atoms with van der Waals surface area (Å²) in [5.41, 5.74) is 0.0748. The van der Waals surface area contributed by atoms with Gasteiger partial charge in [-0.3, -0.25) is 24.1 Å². The third kappa shape index (κ3) is 4.16. The van der Waals surface area contributed by atoms with Gasteiger partial charge in [0.15, 0.2) is 5.78 Å². The van der Waals surface area contributed by atoms with Crippen LogP contribution in [0.1, 0.15) is 43.8 Å². The van der Waals surface area contributed by atoms with Gasteiger partial charge >= 0.3 is 11.9 Å². The van der Waals surface area contributed by atoms with Gasteiger partial charge in [0.2, 0.25) is 6.79 Å². The Kier molecular flexibility index (Phi) is 6.25. The van der Waals surface area contributed by atoms with Crippen molar-refractivity contribution in [1.82, 2.24) is 15.4 Å². The van der Waals surface area contributed by atoms with E-state index in [0.717, 1.165) is 4.90 Å². The molecule has 1 fully saturated rings. The molecule has 2 amide bonds. The Balaban J connectivity index is 1.46. The molecule has 36 heavy (non-hydrogen) atoms. The van der Waals surface area contributed by atoms with Crippen molar-refractivity contribution in [3.05, 3.63) is 52.9 Å². The van der Waals surface area contributed by atoms with E-state index in [2.05, 4.69) is 10.5 Å². The predicted molar refractivity (Wildman–Crippen MR) is 123 cm³/mol. The van der Waals surface area contributed by atoms with Crippen molar-refractivity contribution in [2.45, 2.75) is 46.7 Å². The standard InChI is InChI=1S/C25H25N3O8/c1-12-18(23(32)34-11-35-24(33)25(3,4)5)28-19(20(12)29)17(22(28)31)26-21(30)15-13(2)36-27-16(15)14-9-7-6-8-10-14/h6-10,17,19H,11H2,1-5H3,(H,26,30)/t17?,19-/m0/s1. The molecule has 1 aromatic carbocycles. The topological polar surface area (TPSA) is 145 Å². The van der Waals surface area contributed by atoms with Crippen LogP contribution in [0.5, 0.6) is 0 Å². The van der Waals surface area contributed by atoms with E-state index in [1.807, 2.05) is 6.07 Å². The minimum absolute atomic E-state index is 0.0170. The zero-order chi connectivity index (χ0) is 26.4. The maximum Gasteiger partial charge on any atom is 0.358 e. The van der Waals surface area contributed by atoms with E-state index in [1.54, 1.807) is 52.0 Å². The molecule has 0 bridgehead atoms. The second kappa shape index (κ2) is 9.06. The van der Waals surface area contributed by atoms with Crippen LogP contribution in [0, 0.1) is 12.3 Å². The summed E-state index contributed by atoms with van der Waals surface area (Å²) in [6, 6.07) is 6.64. The van der Waals surface area contributed by atoms with Crippen molar-refractivity contribution in [1.29, 1.82) is 0 Å². The Labute approximate surface area is 206 Å². The van der Waals surface area contributed by atoms with Gasteiger partial charge < -0.3 is 19.3 Å². The molecule has 11 heteroatoms. The molecule has 2 atom stereocenters. The van der Waals surface area contributed by atoms with Crippen molar-refractivity contribution in [2.75, 3.05) is 6.79 Å². The summed E-state index contributed by atoms with van der Waals surface area (Å²) in [5, 5.41) is 6.54. The second-order valence-electron chi connectivity index (χ2n) is 9.50. The molecule has 0 radical (unpaired) electrons. The van der Waals surface area contributed by atoms with Gasteiger partial charge in [-0.25, -0.2) is 4.79 Å². The van der Waals surface area contributed by atoms with Gasteiger partial charge in [0.25, 0.3) is 11.8 Å². The van der Waals surface area contributed by atoms with Crippen LogP contribution in [0.2, 0.25) is 0 Å². The van der Waals surface area contributed by atoms with E-state index < -0.39 is 53.8 Å². The first-order chi connectivity index (χ1) is 16.9. The molecule has 11 nitrogen and oxygen atoms in total. The van der Waals surface area contributed by atoms with Crippen LogP contribution in [0.3, 0.4) is 0 Å². The Bertz CT molecular complexity index is 1300. The molecule has 1 aromatic heterocycles. The molecule has 1 unspecified atom stereocenters. The summed E-state index contributed by atoms with van der Waals surface area (Å²) >= 11 is 0. The molecule has 0 aliphatic carbocycles. The fourth-order valence-corrected chi connectivity index (χ4v) is 3.99. The first-order valence-corrected chi connectivity index (χ1v) is 11.2. The zero-order valence-electron chi connectivity index (χ0n) is 20.4. The van der Waals surface area contributed by atoms with Crippen molar-refractivity contribution in [2.24, 2.45) is 5.41 Å². The highest BCUT2D eigenvalue weighted by Gasteiger charge is 2.60. The number of ether oxygens (including phenoxy) is 2. The average molecular weight is 495 g/mol. The lowest BCUT2D eigenvalue weighted by atomic mass is 9.92. The fourth-order valence-electron chi connectivity index (χ4n) is 3.99. The number of hydrogen-bond donors (Lipinski definition) is 1. The third-order valence-corrected chi connectivity index (χ3v) is 5.94. The molecular formula is C25H25N3O8. The molecule has 3 heterocycles. The van der Waals surface area contributed by atoms with Gasteiger partial charge in [-0.15, -0.1) is 0 Å². The number of aromatic nitrogens is 1. The number of nitrogens with zero attached hydrogens (tertiary/aromatic N) is 2. The molecule has 2 aromatic rings. The van der Waals surface area contributed by atoms with Gasteiger partial charge in [0, 0.05) is 11.1 Å². The van der Waals surface area contributed by atoms with E-state index in [9.17, 15) is 24.0 Å². The number of β-lactam (4-membered cyclic amide) rings is 1. The van der Waals surface area contributed by atoms with Gasteiger partial charge in [0.1, 0.15) is 34.8 Å². The number of ketones is 1. The summed E-state index contributed by atoms with van der Waals surface area (Å²) < 4.78 is 15.1. The lowest BCUT2D eigenvalue weighted by molar-refractivity contribution is -0.173. The van der Waals surface area contributed by atoms with Crippen molar-refractivity contribution < 1.29 is 38.0 Å². The van der Waals surface area contributed by atoms with E-state index >= 15 is 0 Å². The van der Waals surface area contributed by atoms with Crippen LogP contribution in [-0.4, -0.2) is 58.5 Å². The number of aryl methyl sites for hydroxylation is 1. The molecule has 4 rings (SSSR count). The first kappa shape index (κ1) is 24.8. The first-order valence-electron chi connectivity index (χ1n) is 11.2. The Morgan fingerprint density at radius 1 is 1.08 bits per heavy atom. The van der Waals surface area contributed by atoms with E-state index in [-0.39, 0.29) is 22.6 Å². The minimum atomic E-state index is -1.18. The highest BCUT2D eigenvalue weighted by Crippen LogP contribution is 2.37. The van der Waals surface area contributed by atoms with Gasteiger partial charge in [-0.2, -0.15) is 0 Å². The number of carbonyl (C=O) groups is 5. The summed E-state index contributed by atoms with van der Waals surface area (Å²) in [4.78, 5) is 64.3. The minimum Gasteiger partial charge on any atom is -0.427 e. The number of benzene rings is 1. The molecular weight excluding hydrogens is 470 g/mol. The smallest absolute Gasteiger partial charge is 0.358 e. The van der Waals surface area contributed by atoms with Crippen LogP contribution in [0.4, 0.5) is 0 Å². The number of esters is 2. The summed E-state index contributed by atoms with van der Waals surface area (Å²) in [6.07, 6.45) is 0. The Morgan fingerprint density at radius 2 is 1.75 bits per heavy atom. The maximum atomic E-state index is 13.1. The van der Waals surface area contributed by atoms with Gasteiger partial charge in [0.05, 0.1) is 5.41 Å². The summed E-state index contributed by atoms with van der Waals surface area (Å²) in [5.74, 6) is -3.10. The predicted octanol–water partition coefficient (Wildman–Crippen LogP) is 1.91. The number of carbonyl (C=O) groups excluding carboxylic acids is 5. The highest BCUT2D eigenvalue weighted by molar-refractivity contribution is 6.20. The molecule has 188 valence electrons. The van der Waals surface area contributed by atoms with Crippen LogP contribution in [-0.2, 0) is 28.7 Å². The van der Waals surface area contributed by atoms with Crippen LogP contribution < -0.4 is 5.32 Å². The fraction of sp³-hybridized carbons (Fsp3) is 0.360. The highest BCUT2D eigenvalue weighted by atomic mass is 16.7. The van der Waals surface area contributed by atoms with E-state index in [1.165, 1.54) is 6.92 Å². The lowest BCUT2D eigenvalue weighted by Crippen LogP contribution is -2.70. The van der Waals surface area contributed by atoms with E-state index in [0.29, 0.717) is 11.3 Å². The quantitative estimate of drug-likeness (QED) is 0.361. The van der Waals surface area contributed by atoms with Crippen LogP contribution in [0.15, 0.2) is 46.1 Å². The average Bonchev–Trinajstić information content (AvgIpc) is 3.33. The molecule has 0 spiro atoms. The van der Waals surface area contributed by atoms with E-state index in [4.69, 9.17) is 14.0 Å². The normalized spacial score (nSPS) is 19.1. The number of hydrogen-bond acceptors (Lipinski definition) is 9. The van der Waals surface area contributed by atoms with Gasteiger partial charge in [-0.1, -0.05) is 35.5 Å². The van der Waals surface area contributed by atoms with Crippen molar-refractivity contribution >= 4 is 29.5 Å². The van der Waals surface area contributed by atoms with Crippen LogP contribution in [0.25, 0.3) is 11.3 Å². The monoisotopic (exact) mass is 495 g/mol. The largest absolute Gasteiger partial charge is 0.427 e. The SMILES string of the molecule is CC1=C(C(=O)OCOC(=O)C(C)(C)C)N2C(=O)C(NC(=O)c3c(-c4ccccc4)noc3C)[C@H]2C1=O. The third-order valence-electron chi connectivity index (χ3n) is 5.94. The molecule has 2 aliphatic rings. The van der Waals surface area contributed by atoms with Crippen molar-refractivity contribution in [3.63, 3.8) is 0 Å². The summed E-state index contributed by atoms with van der Waals surface area (Å²) in [6.45, 7) is 7.21.